The molecular formula is C19H21N3O8S2. The number of carbonyl (C=O) groups is 1. The molecule has 11 nitrogen and oxygen atoms in total. The van der Waals surface area contributed by atoms with E-state index in [1.807, 2.05) is 0 Å². The number of nitrogens with zero attached hydrogens (tertiary/aromatic N) is 2. The number of nitro benzene ring substituents is 1. The minimum absolute atomic E-state index is 0.0313. The van der Waals surface area contributed by atoms with Crippen molar-refractivity contribution in [2.24, 2.45) is 0 Å². The van der Waals surface area contributed by atoms with Gasteiger partial charge in [-0.1, -0.05) is 6.07 Å². The fraction of sp³-hybridized carbons (Fsp3) is 0.316. The number of carbonyl (C=O) groups excluding carboxylic acids is 1. The fourth-order valence-electron chi connectivity index (χ4n) is 3.06. The summed E-state index contributed by atoms with van der Waals surface area (Å²) < 4.78 is 56.0. The third-order valence-electron chi connectivity index (χ3n) is 4.86. The number of nitrogens with one attached hydrogen (secondary N) is 1. The first-order valence-electron chi connectivity index (χ1n) is 9.39. The highest BCUT2D eigenvalue weighted by atomic mass is 32.2. The monoisotopic (exact) mass is 483 g/mol. The van der Waals surface area contributed by atoms with Gasteiger partial charge in [-0.3, -0.25) is 14.9 Å². The number of sulfone groups is 1. The van der Waals surface area contributed by atoms with Crippen LogP contribution >= 0.6 is 0 Å². The Morgan fingerprint density at radius 2 is 1.72 bits per heavy atom. The molecule has 1 heterocycles. The molecule has 0 spiro atoms. The number of benzene rings is 2. The average Bonchev–Trinajstić information content (AvgIpc) is 2.74. The summed E-state index contributed by atoms with van der Waals surface area (Å²) in [5, 5.41) is 13.7. The second kappa shape index (κ2) is 8.94. The molecule has 0 bridgehead atoms. The van der Waals surface area contributed by atoms with Crippen LogP contribution in [-0.2, 0) is 24.6 Å². The van der Waals surface area contributed by atoms with E-state index in [1.54, 1.807) is 6.92 Å². The first-order valence-corrected chi connectivity index (χ1v) is 12.7. The third-order valence-corrected chi connectivity index (χ3v) is 7.84. The quantitative estimate of drug-likeness (QED) is 0.480. The van der Waals surface area contributed by atoms with E-state index in [2.05, 4.69) is 5.32 Å². The van der Waals surface area contributed by atoms with Crippen molar-refractivity contribution in [3.63, 3.8) is 0 Å². The van der Waals surface area contributed by atoms with Gasteiger partial charge in [-0.25, -0.2) is 16.8 Å². The van der Waals surface area contributed by atoms with Gasteiger partial charge in [-0.2, -0.15) is 4.31 Å². The molecule has 1 aliphatic rings. The summed E-state index contributed by atoms with van der Waals surface area (Å²) in [4.78, 5) is 22.7. The Kier molecular flexibility index (Phi) is 6.64. The molecular weight excluding hydrogens is 462 g/mol. The molecule has 1 amide bonds. The van der Waals surface area contributed by atoms with Gasteiger partial charge in [-0.15, -0.1) is 0 Å². The van der Waals surface area contributed by atoms with Crippen LogP contribution in [0.1, 0.15) is 15.9 Å². The van der Waals surface area contributed by atoms with Crippen LogP contribution in [0, 0.1) is 17.0 Å². The summed E-state index contributed by atoms with van der Waals surface area (Å²) in [7, 11) is -7.63. The Morgan fingerprint density at radius 1 is 1.06 bits per heavy atom. The van der Waals surface area contributed by atoms with Crippen molar-refractivity contribution in [1.82, 2.24) is 4.31 Å². The lowest BCUT2D eigenvalue weighted by Gasteiger charge is -2.26. The van der Waals surface area contributed by atoms with Crippen molar-refractivity contribution in [3.05, 3.63) is 57.6 Å². The summed E-state index contributed by atoms with van der Waals surface area (Å²) in [5.74, 6) is -0.817. The number of morpholine rings is 1. The van der Waals surface area contributed by atoms with Crippen LogP contribution in [0.3, 0.4) is 0 Å². The normalized spacial score (nSPS) is 15.3. The summed E-state index contributed by atoms with van der Waals surface area (Å²) in [6, 6.07) is 7.10. The van der Waals surface area contributed by atoms with Gasteiger partial charge in [0, 0.05) is 42.7 Å². The average molecular weight is 484 g/mol. The highest BCUT2D eigenvalue weighted by molar-refractivity contribution is 7.90. The molecule has 2 aromatic rings. The highest BCUT2D eigenvalue weighted by Crippen LogP contribution is 2.26. The Balaban J connectivity index is 1.96. The minimum atomic E-state index is -3.81. The number of nitro groups is 1. The topological polar surface area (TPSA) is 153 Å². The van der Waals surface area contributed by atoms with Gasteiger partial charge in [0.05, 0.1) is 27.9 Å². The van der Waals surface area contributed by atoms with E-state index >= 15 is 0 Å². The molecule has 32 heavy (non-hydrogen) atoms. The number of ether oxygens (including phenoxy) is 1. The summed E-state index contributed by atoms with van der Waals surface area (Å²) >= 11 is 0. The van der Waals surface area contributed by atoms with E-state index in [4.69, 9.17) is 4.74 Å². The van der Waals surface area contributed by atoms with Gasteiger partial charge in [0.15, 0.2) is 9.84 Å². The van der Waals surface area contributed by atoms with Crippen molar-refractivity contribution >= 4 is 37.1 Å². The Bertz CT molecular complexity index is 1280. The van der Waals surface area contributed by atoms with Crippen LogP contribution in [0.4, 0.5) is 11.4 Å². The van der Waals surface area contributed by atoms with Crippen molar-refractivity contribution in [2.75, 3.05) is 37.9 Å². The Labute approximate surface area is 185 Å². The van der Waals surface area contributed by atoms with Crippen LogP contribution in [0.2, 0.25) is 0 Å². The lowest BCUT2D eigenvalue weighted by atomic mass is 10.1. The molecule has 1 aliphatic heterocycles. The molecule has 1 fully saturated rings. The first-order chi connectivity index (χ1) is 14.9. The maximum atomic E-state index is 12.9. The van der Waals surface area contributed by atoms with Crippen molar-refractivity contribution < 1.29 is 31.3 Å². The molecule has 3 rings (SSSR count). The molecule has 0 saturated carbocycles. The zero-order chi connectivity index (χ0) is 23.7. The number of hydrogen-bond acceptors (Lipinski definition) is 8. The van der Waals surface area contributed by atoms with Crippen LogP contribution in [-0.4, -0.2) is 64.5 Å². The standard InChI is InChI=1S/C19H21N3O8S2/c1-13-3-4-16(32(28,29)21-5-7-30-8-6-21)12-18(13)20-19(23)14-9-15(22(24)25)11-17(10-14)31(2,26)27/h3-4,9-12H,5-8H2,1-2H3,(H,20,23). The molecule has 172 valence electrons. The maximum Gasteiger partial charge on any atom is 0.271 e. The SMILES string of the molecule is Cc1ccc(S(=O)(=O)N2CCOCC2)cc1NC(=O)c1cc([N+](=O)[O-])cc(S(C)(=O)=O)c1. The van der Waals surface area contributed by atoms with E-state index in [1.165, 1.54) is 22.5 Å². The second-order valence-corrected chi connectivity index (χ2v) is 11.1. The van der Waals surface area contributed by atoms with Crippen LogP contribution in [0.25, 0.3) is 0 Å². The molecule has 0 aromatic heterocycles. The molecule has 0 atom stereocenters. The van der Waals surface area contributed by atoms with E-state index in [0.29, 0.717) is 5.56 Å². The van der Waals surface area contributed by atoms with Crippen molar-refractivity contribution in [1.29, 1.82) is 0 Å². The Morgan fingerprint density at radius 3 is 2.31 bits per heavy atom. The minimum Gasteiger partial charge on any atom is -0.379 e. The van der Waals surface area contributed by atoms with E-state index in [9.17, 15) is 31.7 Å². The molecule has 13 heteroatoms. The number of non-ortho nitro benzene ring substituents is 1. The predicted molar refractivity (Wildman–Crippen MR) is 115 cm³/mol. The van der Waals surface area contributed by atoms with Gasteiger partial charge in [0.2, 0.25) is 10.0 Å². The van der Waals surface area contributed by atoms with Gasteiger partial charge >= 0.3 is 0 Å². The zero-order valence-corrected chi connectivity index (χ0v) is 18.9. The first kappa shape index (κ1) is 23.8. The summed E-state index contributed by atoms with van der Waals surface area (Å²) in [6.45, 7) is 2.63. The Hall–Kier alpha value is -2.87. The van der Waals surface area contributed by atoms with Crippen molar-refractivity contribution in [2.45, 2.75) is 16.7 Å². The summed E-state index contributed by atoms with van der Waals surface area (Å²) in [6.07, 6.45) is 0.873. The highest BCUT2D eigenvalue weighted by Gasteiger charge is 2.27. The van der Waals surface area contributed by atoms with Crippen molar-refractivity contribution in [3.8, 4) is 0 Å². The lowest BCUT2D eigenvalue weighted by Crippen LogP contribution is -2.40. The number of hydrogen-bond donors (Lipinski definition) is 1. The van der Waals surface area contributed by atoms with E-state index < -0.39 is 36.4 Å². The number of sulfonamides is 1. The molecule has 1 N–H and O–H groups in total. The van der Waals surface area contributed by atoms with Gasteiger partial charge < -0.3 is 10.1 Å². The maximum absolute atomic E-state index is 12.9. The predicted octanol–water partition coefficient (Wildman–Crippen LogP) is 1.58. The fourth-order valence-corrected chi connectivity index (χ4v) is 5.17. The molecule has 2 aromatic carbocycles. The van der Waals surface area contributed by atoms with E-state index in [0.717, 1.165) is 24.5 Å². The van der Waals surface area contributed by atoms with Crippen LogP contribution < -0.4 is 5.32 Å². The number of amides is 1. The van der Waals surface area contributed by atoms with Gasteiger partial charge in [0.1, 0.15) is 0 Å². The third kappa shape index (κ3) is 5.12. The molecule has 1 saturated heterocycles. The number of anilines is 1. The molecule has 0 aliphatic carbocycles. The molecule has 0 radical (unpaired) electrons. The van der Waals surface area contributed by atoms with Crippen LogP contribution in [0.5, 0.6) is 0 Å². The number of aryl methyl sites for hydroxylation is 1. The van der Waals surface area contributed by atoms with Crippen LogP contribution in [0.15, 0.2) is 46.2 Å². The zero-order valence-electron chi connectivity index (χ0n) is 17.3. The number of rotatable bonds is 6. The van der Waals surface area contributed by atoms with Gasteiger partial charge in [-0.05, 0) is 30.7 Å². The summed E-state index contributed by atoms with van der Waals surface area (Å²) in [5.41, 5.74) is -0.0799. The lowest BCUT2D eigenvalue weighted by molar-refractivity contribution is -0.385. The molecule has 0 unspecified atom stereocenters. The smallest absolute Gasteiger partial charge is 0.271 e. The van der Waals surface area contributed by atoms with Gasteiger partial charge in [0.25, 0.3) is 11.6 Å². The second-order valence-electron chi connectivity index (χ2n) is 7.19. The van der Waals surface area contributed by atoms with E-state index in [-0.39, 0.29) is 47.3 Å². The largest absolute Gasteiger partial charge is 0.379 e.